The Hall–Kier alpha value is -0.560. The standard InChI is InChI=1S/C20H34O/c1-7-15(2)9-10-17-19(5)13-8-12-18(3,4)16(19)11-14-20(17,6)21/h7,9,16-17,21H,1,8,10-14H2,2-6H3/b15-9-. The molecular weight excluding hydrogens is 256 g/mol. The van der Waals surface area contributed by atoms with E-state index < -0.39 is 5.60 Å². The summed E-state index contributed by atoms with van der Waals surface area (Å²) >= 11 is 0. The number of rotatable bonds is 3. The summed E-state index contributed by atoms with van der Waals surface area (Å²) in [5.41, 5.74) is 1.38. The second-order valence-corrected chi connectivity index (χ2v) is 8.74. The number of hydrogen-bond acceptors (Lipinski definition) is 1. The van der Waals surface area contributed by atoms with Crippen LogP contribution in [0.3, 0.4) is 0 Å². The summed E-state index contributed by atoms with van der Waals surface area (Å²) in [5.74, 6) is 1.10. The van der Waals surface area contributed by atoms with Crippen LogP contribution in [-0.2, 0) is 0 Å². The van der Waals surface area contributed by atoms with Gasteiger partial charge in [-0.2, -0.15) is 0 Å². The van der Waals surface area contributed by atoms with Crippen molar-refractivity contribution in [3.63, 3.8) is 0 Å². The SMILES string of the molecule is C=C/C(C)=C\CC1C(C)(O)CCC2C(C)(C)CCCC21C. The molecule has 4 unspecified atom stereocenters. The summed E-state index contributed by atoms with van der Waals surface area (Å²) < 4.78 is 0. The zero-order valence-electron chi connectivity index (χ0n) is 14.7. The molecule has 0 saturated heterocycles. The van der Waals surface area contributed by atoms with Gasteiger partial charge in [0, 0.05) is 0 Å². The summed E-state index contributed by atoms with van der Waals surface area (Å²) in [6, 6.07) is 0. The molecule has 4 atom stereocenters. The van der Waals surface area contributed by atoms with Crippen LogP contribution in [0.25, 0.3) is 0 Å². The normalized spacial score (nSPS) is 43.2. The highest BCUT2D eigenvalue weighted by atomic mass is 16.3. The van der Waals surface area contributed by atoms with Gasteiger partial charge in [0.25, 0.3) is 0 Å². The first kappa shape index (κ1) is 16.8. The Bertz CT molecular complexity index is 429. The second-order valence-electron chi connectivity index (χ2n) is 8.74. The molecule has 0 aromatic rings. The summed E-state index contributed by atoms with van der Waals surface area (Å²) in [6.45, 7) is 15.4. The molecule has 21 heavy (non-hydrogen) atoms. The van der Waals surface area contributed by atoms with Gasteiger partial charge in [0.05, 0.1) is 5.60 Å². The molecule has 2 saturated carbocycles. The topological polar surface area (TPSA) is 20.2 Å². The van der Waals surface area contributed by atoms with Crippen LogP contribution in [0.2, 0.25) is 0 Å². The van der Waals surface area contributed by atoms with E-state index in [1.54, 1.807) is 0 Å². The minimum Gasteiger partial charge on any atom is -0.390 e. The molecule has 2 rings (SSSR count). The van der Waals surface area contributed by atoms with E-state index in [-0.39, 0.29) is 5.41 Å². The van der Waals surface area contributed by atoms with Gasteiger partial charge >= 0.3 is 0 Å². The number of hydrogen-bond donors (Lipinski definition) is 1. The van der Waals surface area contributed by atoms with Crippen LogP contribution in [0, 0.1) is 22.7 Å². The Balaban J connectivity index is 2.35. The maximum atomic E-state index is 11.0. The molecule has 0 spiro atoms. The Kier molecular flexibility index (Phi) is 4.46. The Morgan fingerprint density at radius 1 is 1.19 bits per heavy atom. The van der Waals surface area contributed by atoms with Crippen LogP contribution in [0.5, 0.6) is 0 Å². The molecule has 0 aromatic heterocycles. The molecule has 1 nitrogen and oxygen atoms in total. The number of allylic oxidation sites excluding steroid dienone is 3. The van der Waals surface area contributed by atoms with Crippen LogP contribution >= 0.6 is 0 Å². The van der Waals surface area contributed by atoms with Crippen LogP contribution in [-0.4, -0.2) is 10.7 Å². The zero-order chi connectivity index (χ0) is 15.9. The van der Waals surface area contributed by atoms with E-state index in [2.05, 4.69) is 47.3 Å². The lowest BCUT2D eigenvalue weighted by Crippen LogP contribution is -2.57. The first-order valence-electron chi connectivity index (χ1n) is 8.65. The third-order valence-electron chi connectivity index (χ3n) is 6.76. The fraction of sp³-hybridized carbons (Fsp3) is 0.800. The third kappa shape index (κ3) is 2.99. The first-order chi connectivity index (χ1) is 9.63. The quantitative estimate of drug-likeness (QED) is 0.680. The molecular formula is C20H34O. The van der Waals surface area contributed by atoms with Crippen molar-refractivity contribution in [2.24, 2.45) is 22.7 Å². The van der Waals surface area contributed by atoms with Crippen molar-refractivity contribution in [1.29, 1.82) is 0 Å². The molecule has 120 valence electrons. The lowest BCUT2D eigenvalue weighted by Gasteiger charge is -2.61. The van der Waals surface area contributed by atoms with E-state index >= 15 is 0 Å². The molecule has 0 amide bonds. The molecule has 0 aliphatic heterocycles. The monoisotopic (exact) mass is 290 g/mol. The predicted molar refractivity (Wildman–Crippen MR) is 91.1 cm³/mol. The van der Waals surface area contributed by atoms with E-state index in [0.29, 0.717) is 11.3 Å². The third-order valence-corrected chi connectivity index (χ3v) is 6.76. The Morgan fingerprint density at radius 3 is 2.48 bits per heavy atom. The summed E-state index contributed by atoms with van der Waals surface area (Å²) in [7, 11) is 0. The molecule has 1 N–H and O–H groups in total. The molecule has 2 aliphatic rings. The van der Waals surface area contributed by atoms with Crippen molar-refractivity contribution >= 4 is 0 Å². The van der Waals surface area contributed by atoms with Crippen LogP contribution in [0.15, 0.2) is 24.3 Å². The van der Waals surface area contributed by atoms with Crippen LogP contribution in [0.4, 0.5) is 0 Å². The highest BCUT2D eigenvalue weighted by Crippen LogP contribution is 2.62. The fourth-order valence-electron chi connectivity index (χ4n) is 5.53. The minimum absolute atomic E-state index is 0.265. The van der Waals surface area contributed by atoms with Crippen molar-refractivity contribution in [3.05, 3.63) is 24.3 Å². The predicted octanol–water partition coefficient (Wildman–Crippen LogP) is 5.50. The maximum Gasteiger partial charge on any atom is 0.0656 e. The van der Waals surface area contributed by atoms with E-state index in [1.807, 2.05) is 6.08 Å². The summed E-state index contributed by atoms with van der Waals surface area (Å²) in [5, 5.41) is 11.0. The van der Waals surface area contributed by atoms with E-state index in [4.69, 9.17) is 0 Å². The highest BCUT2D eigenvalue weighted by molar-refractivity contribution is 5.15. The summed E-state index contributed by atoms with van der Waals surface area (Å²) in [4.78, 5) is 0. The van der Waals surface area contributed by atoms with Crippen molar-refractivity contribution < 1.29 is 5.11 Å². The molecule has 1 heteroatoms. The van der Waals surface area contributed by atoms with E-state index in [9.17, 15) is 5.11 Å². The van der Waals surface area contributed by atoms with Crippen molar-refractivity contribution in [1.82, 2.24) is 0 Å². The van der Waals surface area contributed by atoms with Gasteiger partial charge in [-0.15, -0.1) is 0 Å². The van der Waals surface area contributed by atoms with Gasteiger partial charge in [0.15, 0.2) is 0 Å². The summed E-state index contributed by atoms with van der Waals surface area (Å²) in [6.07, 6.45) is 11.2. The molecule has 0 heterocycles. The lowest BCUT2D eigenvalue weighted by molar-refractivity contribution is -0.165. The van der Waals surface area contributed by atoms with Gasteiger partial charge in [-0.25, -0.2) is 0 Å². The first-order valence-corrected chi connectivity index (χ1v) is 8.65. The largest absolute Gasteiger partial charge is 0.390 e. The Morgan fingerprint density at radius 2 is 1.86 bits per heavy atom. The minimum atomic E-state index is -0.531. The van der Waals surface area contributed by atoms with Crippen LogP contribution in [0.1, 0.15) is 73.1 Å². The number of fused-ring (bicyclic) bond motifs is 1. The molecule has 2 fully saturated rings. The lowest BCUT2D eigenvalue weighted by atomic mass is 9.45. The fourth-order valence-corrected chi connectivity index (χ4v) is 5.53. The van der Waals surface area contributed by atoms with Gasteiger partial charge < -0.3 is 5.11 Å². The second kappa shape index (κ2) is 5.57. The van der Waals surface area contributed by atoms with Crippen LogP contribution < -0.4 is 0 Å². The molecule has 0 bridgehead atoms. The van der Waals surface area contributed by atoms with Crippen molar-refractivity contribution in [2.75, 3.05) is 0 Å². The highest BCUT2D eigenvalue weighted by Gasteiger charge is 2.57. The van der Waals surface area contributed by atoms with Gasteiger partial charge in [0.2, 0.25) is 0 Å². The van der Waals surface area contributed by atoms with Gasteiger partial charge in [0.1, 0.15) is 0 Å². The zero-order valence-corrected chi connectivity index (χ0v) is 14.7. The van der Waals surface area contributed by atoms with Crippen molar-refractivity contribution in [3.8, 4) is 0 Å². The average molecular weight is 290 g/mol. The van der Waals surface area contributed by atoms with Gasteiger partial charge in [-0.05, 0) is 68.6 Å². The molecule has 2 aliphatic carbocycles. The molecule has 0 aromatic carbocycles. The van der Waals surface area contributed by atoms with Gasteiger partial charge in [-0.3, -0.25) is 0 Å². The Labute approximate surface area is 131 Å². The van der Waals surface area contributed by atoms with Gasteiger partial charge in [-0.1, -0.05) is 51.5 Å². The molecule has 0 radical (unpaired) electrons. The average Bonchev–Trinajstić information content (AvgIpc) is 2.35. The van der Waals surface area contributed by atoms with Crippen molar-refractivity contribution in [2.45, 2.75) is 78.7 Å². The maximum absolute atomic E-state index is 11.0. The van der Waals surface area contributed by atoms with E-state index in [1.165, 1.54) is 31.3 Å². The number of aliphatic hydroxyl groups is 1. The smallest absolute Gasteiger partial charge is 0.0656 e. The van der Waals surface area contributed by atoms with E-state index in [0.717, 1.165) is 18.8 Å².